The van der Waals surface area contributed by atoms with Crippen LogP contribution in [0.15, 0.2) is 30.3 Å². The summed E-state index contributed by atoms with van der Waals surface area (Å²) in [5.74, 6) is -0.787. The zero-order chi connectivity index (χ0) is 17.6. The molecule has 0 spiro atoms. The van der Waals surface area contributed by atoms with Gasteiger partial charge in [0.1, 0.15) is 5.54 Å². The van der Waals surface area contributed by atoms with Crippen LogP contribution in [0.25, 0.3) is 0 Å². The third-order valence-electron chi connectivity index (χ3n) is 4.29. The Morgan fingerprint density at radius 2 is 1.79 bits per heavy atom. The quantitative estimate of drug-likeness (QED) is 0.568. The van der Waals surface area contributed by atoms with E-state index < -0.39 is 17.5 Å². The van der Waals surface area contributed by atoms with E-state index in [4.69, 9.17) is 0 Å². The van der Waals surface area contributed by atoms with E-state index in [2.05, 4.69) is 17.7 Å². The van der Waals surface area contributed by atoms with Gasteiger partial charge in [0.2, 0.25) is 5.91 Å². The second-order valence-electron chi connectivity index (χ2n) is 6.26. The van der Waals surface area contributed by atoms with Gasteiger partial charge in [-0.2, -0.15) is 5.01 Å². The van der Waals surface area contributed by atoms with Crippen molar-refractivity contribution in [3.8, 4) is 0 Å². The zero-order valence-electron chi connectivity index (χ0n) is 14.3. The number of urea groups is 1. The molecule has 1 aromatic carbocycles. The van der Waals surface area contributed by atoms with Crippen LogP contribution in [-0.2, 0) is 15.1 Å². The topological polar surface area (TPSA) is 78.5 Å². The Labute approximate surface area is 142 Å². The molecule has 1 aliphatic heterocycles. The monoisotopic (exact) mass is 331 g/mol. The molecule has 0 radical (unpaired) electrons. The van der Waals surface area contributed by atoms with Crippen LogP contribution in [-0.4, -0.2) is 22.9 Å². The number of benzene rings is 1. The van der Waals surface area contributed by atoms with Crippen molar-refractivity contribution >= 4 is 17.8 Å². The van der Waals surface area contributed by atoms with E-state index in [0.29, 0.717) is 12.0 Å². The maximum Gasteiger partial charge on any atom is 0.344 e. The molecule has 0 bridgehead atoms. The molecule has 1 aromatic rings. The Kier molecular flexibility index (Phi) is 5.95. The molecule has 130 valence electrons. The molecule has 1 saturated heterocycles. The number of unbranched alkanes of at least 4 members (excludes halogenated alkanes) is 4. The van der Waals surface area contributed by atoms with E-state index in [9.17, 15) is 14.4 Å². The van der Waals surface area contributed by atoms with Crippen LogP contribution < -0.4 is 10.7 Å². The zero-order valence-corrected chi connectivity index (χ0v) is 14.3. The van der Waals surface area contributed by atoms with Crippen LogP contribution in [0.4, 0.5) is 4.79 Å². The lowest BCUT2D eigenvalue weighted by molar-refractivity contribution is -0.139. The van der Waals surface area contributed by atoms with Gasteiger partial charge in [-0.3, -0.25) is 15.0 Å². The number of hydrogen-bond acceptors (Lipinski definition) is 3. The van der Waals surface area contributed by atoms with Crippen LogP contribution >= 0.6 is 0 Å². The van der Waals surface area contributed by atoms with Crippen molar-refractivity contribution in [3.63, 3.8) is 0 Å². The van der Waals surface area contributed by atoms with Gasteiger partial charge in [-0.15, -0.1) is 0 Å². The summed E-state index contributed by atoms with van der Waals surface area (Å²) in [4.78, 5) is 36.7. The summed E-state index contributed by atoms with van der Waals surface area (Å²) in [5, 5.41) is 3.45. The summed E-state index contributed by atoms with van der Waals surface area (Å²) in [6, 6.07) is 8.39. The second-order valence-corrected chi connectivity index (χ2v) is 6.26. The highest BCUT2D eigenvalue weighted by Crippen LogP contribution is 2.27. The van der Waals surface area contributed by atoms with Crippen LogP contribution in [0.5, 0.6) is 0 Å². The molecule has 4 amide bonds. The fourth-order valence-corrected chi connectivity index (χ4v) is 2.78. The first kappa shape index (κ1) is 18.0. The molecule has 6 nitrogen and oxygen atoms in total. The number of hydrazine groups is 1. The summed E-state index contributed by atoms with van der Waals surface area (Å²) in [6.45, 7) is 3.77. The normalized spacial score (nSPS) is 20.2. The van der Waals surface area contributed by atoms with Gasteiger partial charge in [-0.1, -0.05) is 62.9 Å². The van der Waals surface area contributed by atoms with Gasteiger partial charge in [0.05, 0.1) is 0 Å². The minimum absolute atomic E-state index is 0.308. The van der Waals surface area contributed by atoms with Crippen molar-refractivity contribution in [3.05, 3.63) is 35.9 Å². The molecule has 2 rings (SSSR count). The van der Waals surface area contributed by atoms with Crippen molar-refractivity contribution in [1.82, 2.24) is 15.8 Å². The van der Waals surface area contributed by atoms with E-state index in [1.807, 2.05) is 6.07 Å². The average Bonchev–Trinajstić information content (AvgIpc) is 2.80. The van der Waals surface area contributed by atoms with E-state index in [1.165, 1.54) is 0 Å². The van der Waals surface area contributed by atoms with Gasteiger partial charge >= 0.3 is 6.03 Å². The third-order valence-corrected chi connectivity index (χ3v) is 4.29. The van der Waals surface area contributed by atoms with Gasteiger partial charge < -0.3 is 5.32 Å². The Morgan fingerprint density at radius 3 is 2.46 bits per heavy atom. The molecule has 6 heteroatoms. The highest BCUT2D eigenvalue weighted by Gasteiger charge is 2.49. The maximum absolute atomic E-state index is 12.6. The molecule has 1 fully saturated rings. The van der Waals surface area contributed by atoms with Crippen LogP contribution in [0.3, 0.4) is 0 Å². The summed E-state index contributed by atoms with van der Waals surface area (Å²) in [7, 11) is 0. The molecule has 0 saturated carbocycles. The lowest BCUT2D eigenvalue weighted by Gasteiger charge is -2.22. The van der Waals surface area contributed by atoms with Crippen molar-refractivity contribution in [2.45, 2.75) is 57.9 Å². The van der Waals surface area contributed by atoms with E-state index in [1.54, 1.807) is 31.2 Å². The summed E-state index contributed by atoms with van der Waals surface area (Å²) >= 11 is 0. The minimum atomic E-state index is -1.16. The molecule has 1 unspecified atom stereocenters. The first-order valence-corrected chi connectivity index (χ1v) is 8.50. The fraction of sp³-hybridized carbons (Fsp3) is 0.500. The Hall–Kier alpha value is -2.37. The predicted octanol–water partition coefficient (Wildman–Crippen LogP) is 2.85. The van der Waals surface area contributed by atoms with Crippen LogP contribution in [0, 0.1) is 0 Å². The predicted molar refractivity (Wildman–Crippen MR) is 90.7 cm³/mol. The van der Waals surface area contributed by atoms with E-state index in [-0.39, 0.29) is 5.91 Å². The number of nitrogens with zero attached hydrogens (tertiary/aromatic N) is 1. The fourth-order valence-electron chi connectivity index (χ4n) is 2.78. The van der Waals surface area contributed by atoms with Crippen molar-refractivity contribution in [1.29, 1.82) is 0 Å². The van der Waals surface area contributed by atoms with Gasteiger partial charge in [-0.25, -0.2) is 4.79 Å². The first-order chi connectivity index (χ1) is 11.5. The molecular weight excluding hydrogens is 306 g/mol. The van der Waals surface area contributed by atoms with Gasteiger partial charge in [0.25, 0.3) is 5.91 Å². The van der Waals surface area contributed by atoms with Crippen molar-refractivity contribution in [2.75, 3.05) is 0 Å². The number of amides is 4. The molecule has 1 heterocycles. The Balaban J connectivity index is 1.93. The standard InChI is InChI=1S/C18H25N3O3/c1-3-4-5-6-10-13-15(22)20-21-16(23)18(2,19-17(21)24)14-11-8-7-9-12-14/h7-9,11-12H,3-6,10,13H2,1-2H3,(H,19,24)(H,20,22). The lowest BCUT2D eigenvalue weighted by atomic mass is 9.92. The molecule has 2 N–H and O–H groups in total. The number of imide groups is 1. The number of carbonyl (C=O) groups excluding carboxylic acids is 3. The molecule has 24 heavy (non-hydrogen) atoms. The maximum atomic E-state index is 12.6. The summed E-state index contributed by atoms with van der Waals surface area (Å²) in [5.41, 5.74) is 1.95. The number of nitrogens with one attached hydrogen (secondary N) is 2. The largest absolute Gasteiger partial charge is 0.344 e. The van der Waals surface area contributed by atoms with E-state index >= 15 is 0 Å². The minimum Gasteiger partial charge on any atom is -0.318 e. The highest BCUT2D eigenvalue weighted by atomic mass is 16.2. The van der Waals surface area contributed by atoms with Crippen molar-refractivity contribution < 1.29 is 14.4 Å². The summed E-state index contributed by atoms with van der Waals surface area (Å²) in [6.07, 6.45) is 5.44. The smallest absolute Gasteiger partial charge is 0.318 e. The van der Waals surface area contributed by atoms with Gasteiger partial charge in [0.15, 0.2) is 0 Å². The molecule has 1 aliphatic rings. The lowest BCUT2D eigenvalue weighted by Crippen LogP contribution is -2.47. The van der Waals surface area contributed by atoms with E-state index in [0.717, 1.165) is 37.1 Å². The number of carbonyl (C=O) groups is 3. The third kappa shape index (κ3) is 3.93. The molecule has 0 aliphatic carbocycles. The average molecular weight is 331 g/mol. The van der Waals surface area contributed by atoms with Crippen LogP contribution in [0.2, 0.25) is 0 Å². The Morgan fingerprint density at radius 1 is 1.12 bits per heavy atom. The van der Waals surface area contributed by atoms with Gasteiger partial charge in [0, 0.05) is 6.42 Å². The second kappa shape index (κ2) is 7.95. The SMILES string of the molecule is CCCCCCCC(=O)NN1C(=O)NC(C)(c2ccccc2)C1=O. The van der Waals surface area contributed by atoms with Crippen molar-refractivity contribution in [2.24, 2.45) is 0 Å². The first-order valence-electron chi connectivity index (χ1n) is 8.50. The highest BCUT2D eigenvalue weighted by molar-refractivity contribution is 6.08. The number of hydrogen-bond donors (Lipinski definition) is 2. The molecule has 1 atom stereocenters. The van der Waals surface area contributed by atoms with Gasteiger partial charge in [-0.05, 0) is 18.9 Å². The summed E-state index contributed by atoms with van der Waals surface area (Å²) < 4.78 is 0. The molecule has 0 aromatic heterocycles. The molecular formula is C18H25N3O3. The van der Waals surface area contributed by atoms with Crippen LogP contribution in [0.1, 0.15) is 57.9 Å². The Bertz CT molecular complexity index is 603. The number of rotatable bonds is 8.